The minimum atomic E-state index is -0.493. The van der Waals surface area contributed by atoms with E-state index in [9.17, 15) is 9.59 Å². The summed E-state index contributed by atoms with van der Waals surface area (Å²) in [5.41, 5.74) is 0. The lowest BCUT2D eigenvalue weighted by atomic mass is 9.94. The van der Waals surface area contributed by atoms with E-state index in [1.807, 2.05) is 13.8 Å². The lowest BCUT2D eigenvalue weighted by Crippen LogP contribution is -2.19. The maximum Gasteiger partial charge on any atom is 0.331 e. The van der Waals surface area contributed by atoms with E-state index in [-0.39, 0.29) is 12.2 Å². The van der Waals surface area contributed by atoms with Gasteiger partial charge in [-0.25, -0.2) is 9.59 Å². The van der Waals surface area contributed by atoms with Crippen LogP contribution < -0.4 is 0 Å². The second-order valence-electron chi connectivity index (χ2n) is 8.77. The zero-order valence-electron chi connectivity index (χ0n) is 18.1. The van der Waals surface area contributed by atoms with Gasteiger partial charge in [-0.1, -0.05) is 41.5 Å². The highest BCUT2D eigenvalue weighted by molar-refractivity contribution is 5.91. The normalized spacial score (nSPS) is 16.5. The molecule has 0 saturated heterocycles. The van der Waals surface area contributed by atoms with E-state index in [4.69, 9.17) is 9.47 Å². The number of carbonyl (C=O) groups excluding carboxylic acids is 2. The van der Waals surface area contributed by atoms with Crippen LogP contribution in [0.2, 0.25) is 0 Å². The van der Waals surface area contributed by atoms with E-state index in [2.05, 4.69) is 41.5 Å². The van der Waals surface area contributed by atoms with Crippen molar-refractivity contribution in [3.63, 3.8) is 0 Å². The fraction of sp³-hybridized carbons (Fsp3) is 0.818. The van der Waals surface area contributed by atoms with Crippen molar-refractivity contribution < 1.29 is 19.1 Å². The number of esters is 2. The SMILES string of the molecule is CC(C)CC(C)CC(C)OC(=O)/C=C/C(=O)OC(C)CC(C)CC(C)C. The third kappa shape index (κ3) is 13.9. The fourth-order valence-corrected chi connectivity index (χ4v) is 3.64. The third-order valence-corrected chi connectivity index (χ3v) is 4.21. The first-order valence-electron chi connectivity index (χ1n) is 10.1. The highest BCUT2D eigenvalue weighted by Gasteiger charge is 2.15. The largest absolute Gasteiger partial charge is 0.460 e. The van der Waals surface area contributed by atoms with Crippen molar-refractivity contribution >= 4 is 11.9 Å². The number of hydrogen-bond acceptors (Lipinski definition) is 4. The summed E-state index contributed by atoms with van der Waals surface area (Å²) in [5, 5.41) is 0. The van der Waals surface area contributed by atoms with E-state index in [1.54, 1.807) is 0 Å². The average molecular weight is 369 g/mol. The smallest absolute Gasteiger partial charge is 0.331 e. The summed E-state index contributed by atoms with van der Waals surface area (Å²) in [5.74, 6) is 1.28. The molecular formula is C22H40O4. The zero-order valence-corrected chi connectivity index (χ0v) is 18.1. The van der Waals surface area contributed by atoms with Gasteiger partial charge in [0.15, 0.2) is 0 Å². The van der Waals surface area contributed by atoms with E-state index < -0.39 is 11.9 Å². The molecule has 0 aliphatic rings. The lowest BCUT2D eigenvalue weighted by Gasteiger charge is -2.19. The van der Waals surface area contributed by atoms with Crippen molar-refractivity contribution in [1.29, 1.82) is 0 Å². The number of hydrogen-bond donors (Lipinski definition) is 0. The Bertz CT molecular complexity index is 399. The van der Waals surface area contributed by atoms with Crippen LogP contribution in [0.15, 0.2) is 12.2 Å². The molecule has 0 saturated carbocycles. The van der Waals surface area contributed by atoms with Gasteiger partial charge in [-0.05, 0) is 63.2 Å². The summed E-state index contributed by atoms with van der Waals surface area (Å²) in [6.45, 7) is 16.9. The summed E-state index contributed by atoms with van der Waals surface area (Å²) in [6.07, 6.45) is 5.88. The Balaban J connectivity index is 4.19. The predicted octanol–water partition coefficient (Wildman–Crippen LogP) is 5.55. The Kier molecular flexibility index (Phi) is 12.3. The summed E-state index contributed by atoms with van der Waals surface area (Å²) < 4.78 is 10.7. The maximum absolute atomic E-state index is 11.8. The molecule has 0 bridgehead atoms. The Morgan fingerprint density at radius 3 is 1.19 bits per heavy atom. The molecule has 0 radical (unpaired) electrons. The van der Waals surface area contributed by atoms with Gasteiger partial charge in [-0.2, -0.15) is 0 Å². The van der Waals surface area contributed by atoms with Crippen molar-refractivity contribution in [2.45, 2.75) is 93.3 Å². The molecule has 0 N–H and O–H groups in total. The Morgan fingerprint density at radius 2 is 0.923 bits per heavy atom. The van der Waals surface area contributed by atoms with E-state index in [0.29, 0.717) is 23.7 Å². The van der Waals surface area contributed by atoms with Crippen LogP contribution in [-0.2, 0) is 19.1 Å². The Morgan fingerprint density at radius 1 is 0.615 bits per heavy atom. The minimum absolute atomic E-state index is 0.160. The van der Waals surface area contributed by atoms with Gasteiger partial charge in [0.2, 0.25) is 0 Å². The van der Waals surface area contributed by atoms with Gasteiger partial charge in [-0.3, -0.25) is 0 Å². The predicted molar refractivity (Wildman–Crippen MR) is 107 cm³/mol. The van der Waals surface area contributed by atoms with Crippen LogP contribution in [-0.4, -0.2) is 24.1 Å². The van der Waals surface area contributed by atoms with Crippen LogP contribution in [0.4, 0.5) is 0 Å². The molecule has 0 heterocycles. The van der Waals surface area contributed by atoms with Crippen LogP contribution in [0.3, 0.4) is 0 Å². The van der Waals surface area contributed by atoms with Crippen LogP contribution in [0.5, 0.6) is 0 Å². The average Bonchev–Trinajstić information content (AvgIpc) is 2.42. The number of ether oxygens (including phenoxy) is 2. The summed E-state index contributed by atoms with van der Waals surface area (Å²) in [6, 6.07) is 0. The first-order valence-corrected chi connectivity index (χ1v) is 10.1. The third-order valence-electron chi connectivity index (χ3n) is 4.21. The van der Waals surface area contributed by atoms with Gasteiger partial charge in [0, 0.05) is 12.2 Å². The maximum atomic E-state index is 11.8. The molecule has 26 heavy (non-hydrogen) atoms. The first kappa shape index (κ1) is 24.7. The molecule has 0 aliphatic heterocycles. The van der Waals surface area contributed by atoms with Gasteiger partial charge in [0.05, 0.1) is 12.2 Å². The molecule has 152 valence electrons. The first-order chi connectivity index (χ1) is 12.0. The molecule has 0 spiro atoms. The molecule has 0 aromatic rings. The molecule has 4 unspecified atom stereocenters. The molecule has 4 atom stereocenters. The second kappa shape index (κ2) is 12.9. The van der Waals surface area contributed by atoms with Crippen molar-refractivity contribution in [1.82, 2.24) is 0 Å². The summed E-state index contributed by atoms with van der Waals surface area (Å²) in [7, 11) is 0. The molecule has 0 rings (SSSR count). The number of rotatable bonds is 12. The fourth-order valence-electron chi connectivity index (χ4n) is 3.64. The minimum Gasteiger partial charge on any atom is -0.460 e. The monoisotopic (exact) mass is 368 g/mol. The molecule has 0 fully saturated rings. The van der Waals surface area contributed by atoms with E-state index in [1.165, 1.54) is 0 Å². The molecule has 0 aromatic heterocycles. The van der Waals surface area contributed by atoms with Crippen molar-refractivity contribution in [3.05, 3.63) is 12.2 Å². The molecule has 4 nitrogen and oxygen atoms in total. The topological polar surface area (TPSA) is 52.6 Å². The molecular weight excluding hydrogens is 328 g/mol. The van der Waals surface area contributed by atoms with Gasteiger partial charge in [0.25, 0.3) is 0 Å². The van der Waals surface area contributed by atoms with Crippen molar-refractivity contribution in [2.75, 3.05) is 0 Å². The highest BCUT2D eigenvalue weighted by Crippen LogP contribution is 2.19. The molecule has 0 amide bonds. The number of carbonyl (C=O) groups is 2. The van der Waals surface area contributed by atoms with Gasteiger partial charge in [-0.15, -0.1) is 0 Å². The summed E-state index contributed by atoms with van der Waals surface area (Å²) in [4.78, 5) is 23.7. The van der Waals surface area contributed by atoms with Gasteiger partial charge in [0.1, 0.15) is 0 Å². The molecule has 4 heteroatoms. The molecule has 0 aliphatic carbocycles. The second-order valence-corrected chi connectivity index (χ2v) is 8.77. The summed E-state index contributed by atoms with van der Waals surface area (Å²) >= 11 is 0. The van der Waals surface area contributed by atoms with Crippen LogP contribution in [0.25, 0.3) is 0 Å². The Hall–Kier alpha value is -1.32. The standard InChI is InChI=1S/C22H40O4/c1-15(2)11-17(5)13-19(7)25-21(23)9-10-22(24)26-20(8)14-18(6)12-16(3)4/h9-10,15-20H,11-14H2,1-8H3/b10-9+. The highest BCUT2D eigenvalue weighted by atomic mass is 16.5. The van der Waals surface area contributed by atoms with Crippen LogP contribution in [0, 0.1) is 23.7 Å². The Labute approximate surface area is 160 Å². The van der Waals surface area contributed by atoms with Crippen molar-refractivity contribution in [3.8, 4) is 0 Å². The van der Waals surface area contributed by atoms with Gasteiger partial charge >= 0.3 is 11.9 Å². The van der Waals surface area contributed by atoms with Crippen LogP contribution in [0.1, 0.15) is 81.1 Å². The van der Waals surface area contributed by atoms with E-state index >= 15 is 0 Å². The van der Waals surface area contributed by atoms with Crippen molar-refractivity contribution in [2.24, 2.45) is 23.7 Å². The van der Waals surface area contributed by atoms with E-state index in [0.717, 1.165) is 37.8 Å². The lowest BCUT2D eigenvalue weighted by molar-refractivity contribution is -0.145. The van der Waals surface area contributed by atoms with Gasteiger partial charge < -0.3 is 9.47 Å². The quantitative estimate of drug-likeness (QED) is 0.335. The van der Waals surface area contributed by atoms with Crippen LogP contribution >= 0.6 is 0 Å². The zero-order chi connectivity index (χ0) is 20.3. The molecule has 0 aromatic carbocycles.